The van der Waals surface area contributed by atoms with Gasteiger partial charge in [-0.3, -0.25) is 0 Å². The minimum atomic E-state index is 0.368. The number of aryl methyl sites for hydroxylation is 1. The SMILES string of the molecule is COCc1nc(-c2ccc(Cl)cc2C)nc(N)c1Br. The van der Waals surface area contributed by atoms with Gasteiger partial charge in [0.1, 0.15) is 5.82 Å². The Morgan fingerprint density at radius 2 is 2.11 bits per heavy atom. The van der Waals surface area contributed by atoms with E-state index in [2.05, 4.69) is 25.9 Å². The molecule has 4 nitrogen and oxygen atoms in total. The summed E-state index contributed by atoms with van der Waals surface area (Å²) in [6, 6.07) is 5.56. The number of hydrogen-bond acceptors (Lipinski definition) is 4. The van der Waals surface area contributed by atoms with Crippen LogP contribution in [0.25, 0.3) is 11.4 Å². The summed E-state index contributed by atoms with van der Waals surface area (Å²) in [6.07, 6.45) is 0. The maximum atomic E-state index is 5.95. The minimum Gasteiger partial charge on any atom is -0.383 e. The van der Waals surface area contributed by atoms with Gasteiger partial charge in [-0.2, -0.15) is 0 Å². The average Bonchev–Trinajstić information content (AvgIpc) is 2.35. The van der Waals surface area contributed by atoms with Crippen LogP contribution in [0.4, 0.5) is 5.82 Å². The van der Waals surface area contributed by atoms with E-state index in [9.17, 15) is 0 Å². The van der Waals surface area contributed by atoms with Gasteiger partial charge in [0.2, 0.25) is 0 Å². The first-order valence-corrected chi connectivity index (χ1v) is 6.77. The first kappa shape index (κ1) is 14.2. The lowest BCUT2D eigenvalue weighted by Crippen LogP contribution is -2.04. The van der Waals surface area contributed by atoms with E-state index in [1.165, 1.54) is 0 Å². The van der Waals surface area contributed by atoms with Gasteiger partial charge in [-0.15, -0.1) is 0 Å². The van der Waals surface area contributed by atoms with Crippen LogP contribution < -0.4 is 5.73 Å². The van der Waals surface area contributed by atoms with Crippen LogP contribution in [-0.2, 0) is 11.3 Å². The Labute approximate surface area is 125 Å². The molecule has 0 aliphatic carbocycles. The van der Waals surface area contributed by atoms with Gasteiger partial charge in [-0.05, 0) is 46.6 Å². The minimum absolute atomic E-state index is 0.368. The number of methoxy groups -OCH3 is 1. The summed E-state index contributed by atoms with van der Waals surface area (Å²) in [5, 5.41) is 0.684. The van der Waals surface area contributed by atoms with Gasteiger partial charge < -0.3 is 10.5 Å². The van der Waals surface area contributed by atoms with E-state index in [0.717, 1.165) is 16.8 Å². The summed E-state index contributed by atoms with van der Waals surface area (Å²) in [5.41, 5.74) is 8.51. The second kappa shape index (κ2) is 5.86. The predicted molar refractivity (Wildman–Crippen MR) is 80.0 cm³/mol. The lowest BCUT2D eigenvalue weighted by molar-refractivity contribution is 0.181. The number of ether oxygens (including phenoxy) is 1. The van der Waals surface area contributed by atoms with E-state index < -0.39 is 0 Å². The van der Waals surface area contributed by atoms with Crippen LogP contribution in [0.5, 0.6) is 0 Å². The van der Waals surface area contributed by atoms with Crippen molar-refractivity contribution in [3.05, 3.63) is 39.0 Å². The molecular formula is C13H13BrClN3O. The number of hydrogen-bond donors (Lipinski definition) is 1. The van der Waals surface area contributed by atoms with Gasteiger partial charge in [-0.25, -0.2) is 9.97 Å². The molecule has 100 valence electrons. The lowest BCUT2D eigenvalue weighted by Gasteiger charge is -2.10. The molecule has 0 amide bonds. The van der Waals surface area contributed by atoms with Crippen molar-refractivity contribution in [2.24, 2.45) is 0 Å². The molecule has 0 saturated heterocycles. The molecule has 0 saturated carbocycles. The first-order valence-electron chi connectivity index (χ1n) is 5.60. The Balaban J connectivity index is 2.56. The fourth-order valence-electron chi connectivity index (χ4n) is 1.74. The highest BCUT2D eigenvalue weighted by atomic mass is 79.9. The van der Waals surface area contributed by atoms with Crippen LogP contribution in [-0.4, -0.2) is 17.1 Å². The van der Waals surface area contributed by atoms with Crippen molar-refractivity contribution in [1.29, 1.82) is 0 Å². The number of anilines is 1. The van der Waals surface area contributed by atoms with Crippen molar-refractivity contribution in [1.82, 2.24) is 9.97 Å². The monoisotopic (exact) mass is 341 g/mol. The van der Waals surface area contributed by atoms with Crippen LogP contribution in [0.3, 0.4) is 0 Å². The first-order chi connectivity index (χ1) is 9.02. The highest BCUT2D eigenvalue weighted by Crippen LogP contribution is 2.28. The van der Waals surface area contributed by atoms with Crippen molar-refractivity contribution in [3.63, 3.8) is 0 Å². The highest BCUT2D eigenvalue weighted by molar-refractivity contribution is 9.10. The van der Waals surface area contributed by atoms with Gasteiger partial charge in [0.05, 0.1) is 16.8 Å². The van der Waals surface area contributed by atoms with Gasteiger partial charge in [0.15, 0.2) is 5.82 Å². The zero-order valence-electron chi connectivity index (χ0n) is 10.6. The summed E-state index contributed by atoms with van der Waals surface area (Å²) in [5.74, 6) is 0.966. The number of nitrogens with two attached hydrogens (primary N) is 1. The molecule has 0 spiro atoms. The second-order valence-electron chi connectivity index (χ2n) is 4.09. The van der Waals surface area contributed by atoms with Gasteiger partial charge in [0, 0.05) is 17.7 Å². The van der Waals surface area contributed by atoms with Crippen molar-refractivity contribution >= 4 is 33.3 Å². The molecule has 0 aliphatic rings. The van der Waals surface area contributed by atoms with E-state index >= 15 is 0 Å². The molecule has 0 fully saturated rings. The fraction of sp³-hybridized carbons (Fsp3) is 0.231. The molecule has 1 aromatic heterocycles. The summed E-state index contributed by atoms with van der Waals surface area (Å²) in [6.45, 7) is 2.33. The quantitative estimate of drug-likeness (QED) is 0.926. The summed E-state index contributed by atoms with van der Waals surface area (Å²) in [4.78, 5) is 8.78. The Morgan fingerprint density at radius 1 is 1.37 bits per heavy atom. The molecule has 1 heterocycles. The third-order valence-corrected chi connectivity index (χ3v) is 3.75. The molecule has 2 rings (SSSR count). The maximum Gasteiger partial charge on any atom is 0.162 e. The fourth-order valence-corrected chi connectivity index (χ4v) is 2.26. The van der Waals surface area contributed by atoms with Gasteiger partial charge in [-0.1, -0.05) is 11.6 Å². The molecule has 6 heteroatoms. The van der Waals surface area contributed by atoms with Crippen LogP contribution in [0.2, 0.25) is 5.02 Å². The number of nitrogens with zero attached hydrogens (tertiary/aromatic N) is 2. The van der Waals surface area contributed by atoms with E-state index in [4.69, 9.17) is 22.1 Å². The topological polar surface area (TPSA) is 61.0 Å². The van der Waals surface area contributed by atoms with Crippen molar-refractivity contribution in [2.45, 2.75) is 13.5 Å². The van der Waals surface area contributed by atoms with E-state index in [-0.39, 0.29) is 0 Å². The third kappa shape index (κ3) is 3.05. The molecule has 2 N–H and O–H groups in total. The number of halogens is 2. The third-order valence-electron chi connectivity index (χ3n) is 2.66. The standard InChI is InChI=1S/C13H13BrClN3O/c1-7-5-8(15)3-4-9(7)13-17-10(6-19-2)11(14)12(16)18-13/h3-5H,6H2,1-2H3,(H2,16,17,18). The number of aromatic nitrogens is 2. The second-order valence-corrected chi connectivity index (χ2v) is 5.31. The lowest BCUT2D eigenvalue weighted by atomic mass is 10.1. The molecule has 1 aromatic carbocycles. The molecule has 0 atom stereocenters. The highest BCUT2D eigenvalue weighted by Gasteiger charge is 2.13. The predicted octanol–water partition coefficient (Wildman–Crippen LogP) is 3.60. The van der Waals surface area contributed by atoms with Crippen LogP contribution in [0, 0.1) is 6.92 Å². The number of benzene rings is 1. The summed E-state index contributed by atoms with van der Waals surface area (Å²) < 4.78 is 5.78. The van der Waals surface area contributed by atoms with Crippen molar-refractivity contribution in [3.8, 4) is 11.4 Å². The summed E-state index contributed by atoms with van der Waals surface area (Å²) in [7, 11) is 1.61. The van der Waals surface area contributed by atoms with Crippen LogP contribution >= 0.6 is 27.5 Å². The number of nitrogen functional groups attached to an aromatic ring is 1. The molecule has 2 aromatic rings. The van der Waals surface area contributed by atoms with E-state index in [0.29, 0.717) is 27.7 Å². The van der Waals surface area contributed by atoms with Gasteiger partial charge in [0.25, 0.3) is 0 Å². The van der Waals surface area contributed by atoms with E-state index in [1.54, 1.807) is 7.11 Å². The Morgan fingerprint density at radius 3 is 2.74 bits per heavy atom. The average molecular weight is 343 g/mol. The molecule has 0 aliphatic heterocycles. The molecule has 0 bridgehead atoms. The molecular weight excluding hydrogens is 330 g/mol. The largest absolute Gasteiger partial charge is 0.383 e. The molecule has 0 unspecified atom stereocenters. The van der Waals surface area contributed by atoms with Crippen molar-refractivity contribution < 1.29 is 4.74 Å². The Bertz CT molecular complexity index is 619. The zero-order valence-corrected chi connectivity index (χ0v) is 12.9. The number of rotatable bonds is 3. The maximum absolute atomic E-state index is 5.95. The van der Waals surface area contributed by atoms with Crippen LogP contribution in [0.15, 0.2) is 22.7 Å². The van der Waals surface area contributed by atoms with Gasteiger partial charge >= 0.3 is 0 Å². The molecule has 0 radical (unpaired) electrons. The Hall–Kier alpha value is -1.17. The van der Waals surface area contributed by atoms with E-state index in [1.807, 2.05) is 25.1 Å². The zero-order chi connectivity index (χ0) is 14.0. The summed E-state index contributed by atoms with van der Waals surface area (Å²) >= 11 is 9.32. The van der Waals surface area contributed by atoms with Crippen molar-refractivity contribution in [2.75, 3.05) is 12.8 Å². The molecule has 19 heavy (non-hydrogen) atoms. The smallest absolute Gasteiger partial charge is 0.162 e. The Kier molecular flexibility index (Phi) is 4.39. The van der Waals surface area contributed by atoms with Crippen LogP contribution in [0.1, 0.15) is 11.3 Å². The normalized spacial score (nSPS) is 10.7.